The molecule has 0 aliphatic carbocycles. The van der Waals surface area contributed by atoms with Crippen molar-refractivity contribution < 1.29 is 0 Å². The predicted octanol–water partition coefficient (Wildman–Crippen LogP) is -0.505. The summed E-state index contributed by atoms with van der Waals surface area (Å²) in [5, 5.41) is 3.92. The predicted molar refractivity (Wildman–Crippen MR) is 49.4 cm³/mol. The number of nitrogens with zero attached hydrogens (tertiary/aromatic N) is 2. The van der Waals surface area contributed by atoms with E-state index in [0.717, 1.165) is 0 Å². The van der Waals surface area contributed by atoms with Crippen molar-refractivity contribution in [1.29, 1.82) is 0 Å². The van der Waals surface area contributed by atoms with Crippen LogP contribution in [0.1, 0.15) is 5.56 Å². The van der Waals surface area contributed by atoms with E-state index in [0.29, 0.717) is 22.7 Å². The third kappa shape index (κ3) is 0.883. The van der Waals surface area contributed by atoms with Gasteiger partial charge < -0.3 is 16.5 Å². The summed E-state index contributed by atoms with van der Waals surface area (Å²) in [5.74, 6) is 0.315. The van der Waals surface area contributed by atoms with Crippen molar-refractivity contribution in [1.82, 2.24) is 14.6 Å². The van der Waals surface area contributed by atoms with E-state index in [4.69, 9.17) is 11.5 Å². The number of nitrogens with two attached hydrogens (primary N) is 2. The Kier molecular flexibility index (Phi) is 1.33. The van der Waals surface area contributed by atoms with Gasteiger partial charge in [0.25, 0.3) is 5.56 Å². The SMILES string of the molecule is Cc1c(N)n2ncc(N)c2[nH]c1=O. The number of aromatic amines is 1. The van der Waals surface area contributed by atoms with E-state index >= 15 is 0 Å². The highest BCUT2D eigenvalue weighted by Gasteiger charge is 2.08. The van der Waals surface area contributed by atoms with Crippen molar-refractivity contribution in [2.75, 3.05) is 11.5 Å². The number of hydrogen-bond donors (Lipinski definition) is 3. The standard InChI is InChI=1S/C7H9N5O/c1-3-5(9)12-6(11-7(3)13)4(8)2-10-12/h2H,8-9H2,1H3,(H,11,13). The molecule has 0 saturated heterocycles. The molecule has 2 rings (SSSR count). The Morgan fingerprint density at radius 1 is 1.54 bits per heavy atom. The van der Waals surface area contributed by atoms with Crippen molar-refractivity contribution >= 4 is 17.2 Å². The van der Waals surface area contributed by atoms with E-state index < -0.39 is 0 Å². The minimum Gasteiger partial charge on any atom is -0.394 e. The number of nitrogen functional groups attached to an aromatic ring is 2. The molecule has 0 aliphatic rings. The smallest absolute Gasteiger partial charge is 0.256 e. The minimum atomic E-state index is -0.239. The average molecular weight is 179 g/mol. The Labute approximate surface area is 73.2 Å². The Morgan fingerprint density at radius 2 is 2.23 bits per heavy atom. The van der Waals surface area contributed by atoms with Crippen molar-refractivity contribution in [2.45, 2.75) is 6.92 Å². The third-order valence-corrected chi connectivity index (χ3v) is 1.98. The zero-order valence-electron chi connectivity index (χ0n) is 7.03. The molecular formula is C7H9N5O. The molecule has 0 aromatic carbocycles. The fraction of sp³-hybridized carbons (Fsp3) is 0.143. The van der Waals surface area contributed by atoms with E-state index in [1.54, 1.807) is 6.92 Å². The summed E-state index contributed by atoms with van der Waals surface area (Å²) >= 11 is 0. The first kappa shape index (κ1) is 7.66. The van der Waals surface area contributed by atoms with Gasteiger partial charge in [0.05, 0.1) is 17.4 Å². The molecule has 2 aromatic heterocycles. The number of H-pyrrole nitrogens is 1. The fourth-order valence-electron chi connectivity index (χ4n) is 1.15. The highest BCUT2D eigenvalue weighted by molar-refractivity contribution is 5.66. The van der Waals surface area contributed by atoms with Gasteiger partial charge in [-0.15, -0.1) is 0 Å². The van der Waals surface area contributed by atoms with Gasteiger partial charge >= 0.3 is 0 Å². The van der Waals surface area contributed by atoms with Crippen LogP contribution in [0.3, 0.4) is 0 Å². The van der Waals surface area contributed by atoms with Gasteiger partial charge in [-0.05, 0) is 6.92 Å². The third-order valence-electron chi connectivity index (χ3n) is 1.98. The van der Waals surface area contributed by atoms with Crippen molar-refractivity contribution in [2.24, 2.45) is 0 Å². The van der Waals surface area contributed by atoms with Crippen LogP contribution in [0.15, 0.2) is 11.0 Å². The van der Waals surface area contributed by atoms with Crippen LogP contribution in [0.2, 0.25) is 0 Å². The second kappa shape index (κ2) is 2.25. The summed E-state index contributed by atoms with van der Waals surface area (Å²) < 4.78 is 1.41. The number of anilines is 2. The molecule has 0 aliphatic heterocycles. The van der Waals surface area contributed by atoms with Gasteiger partial charge in [0, 0.05) is 0 Å². The maximum absolute atomic E-state index is 11.3. The molecule has 0 amide bonds. The topological polar surface area (TPSA) is 102 Å². The minimum absolute atomic E-state index is 0.239. The number of nitrogens with one attached hydrogen (secondary N) is 1. The lowest BCUT2D eigenvalue weighted by Gasteiger charge is -2.01. The van der Waals surface area contributed by atoms with Crippen LogP contribution in [0, 0.1) is 6.92 Å². The van der Waals surface area contributed by atoms with Crippen molar-refractivity contribution in [3.63, 3.8) is 0 Å². The van der Waals surface area contributed by atoms with Crippen LogP contribution < -0.4 is 17.0 Å². The van der Waals surface area contributed by atoms with E-state index in [2.05, 4.69) is 10.1 Å². The van der Waals surface area contributed by atoms with Crippen molar-refractivity contribution in [3.8, 4) is 0 Å². The summed E-state index contributed by atoms with van der Waals surface area (Å²) in [6, 6.07) is 0. The first-order chi connectivity index (χ1) is 6.11. The largest absolute Gasteiger partial charge is 0.394 e. The van der Waals surface area contributed by atoms with Gasteiger partial charge in [-0.25, -0.2) is 0 Å². The van der Waals surface area contributed by atoms with Gasteiger partial charge in [0.2, 0.25) is 0 Å². The fourth-order valence-corrected chi connectivity index (χ4v) is 1.15. The molecule has 0 bridgehead atoms. The number of rotatable bonds is 0. The van der Waals surface area contributed by atoms with Crippen LogP contribution in [0.25, 0.3) is 5.65 Å². The zero-order chi connectivity index (χ0) is 9.59. The highest BCUT2D eigenvalue weighted by Crippen LogP contribution is 2.12. The molecule has 2 aromatic rings. The molecule has 0 radical (unpaired) electrons. The summed E-state index contributed by atoms with van der Waals surface area (Å²) in [6.45, 7) is 1.63. The molecular weight excluding hydrogens is 170 g/mol. The molecule has 6 nitrogen and oxygen atoms in total. The Bertz CT molecular complexity index is 523. The first-order valence-electron chi connectivity index (χ1n) is 3.73. The summed E-state index contributed by atoms with van der Waals surface area (Å²) in [6.07, 6.45) is 1.45. The van der Waals surface area contributed by atoms with Gasteiger partial charge in [-0.3, -0.25) is 4.79 Å². The summed E-state index contributed by atoms with van der Waals surface area (Å²) in [4.78, 5) is 13.9. The molecule has 0 atom stereocenters. The van der Waals surface area contributed by atoms with E-state index in [-0.39, 0.29) is 5.56 Å². The van der Waals surface area contributed by atoms with Crippen LogP contribution in [-0.4, -0.2) is 14.6 Å². The van der Waals surface area contributed by atoms with Crippen molar-refractivity contribution in [3.05, 3.63) is 22.1 Å². The Hall–Kier alpha value is -1.98. The second-order valence-corrected chi connectivity index (χ2v) is 2.82. The van der Waals surface area contributed by atoms with Crippen LogP contribution in [0.5, 0.6) is 0 Å². The number of hydrogen-bond acceptors (Lipinski definition) is 4. The maximum atomic E-state index is 11.3. The van der Waals surface area contributed by atoms with Gasteiger partial charge in [0.1, 0.15) is 5.82 Å². The molecule has 0 spiro atoms. The van der Waals surface area contributed by atoms with Gasteiger partial charge in [0.15, 0.2) is 5.65 Å². The monoisotopic (exact) mass is 179 g/mol. The van der Waals surface area contributed by atoms with Crippen LogP contribution >= 0.6 is 0 Å². The summed E-state index contributed by atoms with van der Waals surface area (Å²) in [7, 11) is 0. The Morgan fingerprint density at radius 3 is 2.92 bits per heavy atom. The second-order valence-electron chi connectivity index (χ2n) is 2.82. The lowest BCUT2D eigenvalue weighted by atomic mass is 10.3. The lowest BCUT2D eigenvalue weighted by molar-refractivity contribution is 0.931. The molecule has 2 heterocycles. The normalized spacial score (nSPS) is 10.8. The first-order valence-corrected chi connectivity index (χ1v) is 3.73. The molecule has 6 heteroatoms. The molecule has 5 N–H and O–H groups in total. The molecule has 0 saturated carbocycles. The quantitative estimate of drug-likeness (QED) is 0.507. The average Bonchev–Trinajstić information content (AvgIpc) is 2.45. The van der Waals surface area contributed by atoms with Crippen LogP contribution in [-0.2, 0) is 0 Å². The molecule has 0 unspecified atom stereocenters. The molecule has 13 heavy (non-hydrogen) atoms. The molecule has 68 valence electrons. The Balaban J connectivity index is 3.05. The zero-order valence-corrected chi connectivity index (χ0v) is 7.03. The van der Waals surface area contributed by atoms with E-state index in [1.807, 2.05) is 0 Å². The number of fused-ring (bicyclic) bond motifs is 1. The maximum Gasteiger partial charge on any atom is 0.256 e. The van der Waals surface area contributed by atoms with Gasteiger partial charge in [-0.1, -0.05) is 0 Å². The lowest BCUT2D eigenvalue weighted by Crippen LogP contribution is -2.16. The van der Waals surface area contributed by atoms with E-state index in [9.17, 15) is 4.79 Å². The van der Waals surface area contributed by atoms with E-state index in [1.165, 1.54) is 10.7 Å². The highest BCUT2D eigenvalue weighted by atomic mass is 16.1. The summed E-state index contributed by atoms with van der Waals surface area (Å²) in [5.41, 5.74) is 12.3. The number of aromatic nitrogens is 3. The van der Waals surface area contributed by atoms with Gasteiger partial charge in [-0.2, -0.15) is 9.61 Å². The van der Waals surface area contributed by atoms with Crippen LogP contribution in [0.4, 0.5) is 11.5 Å². The molecule has 0 fully saturated rings.